The van der Waals surface area contributed by atoms with Crippen molar-refractivity contribution in [2.75, 3.05) is 13.7 Å². The first-order valence-corrected chi connectivity index (χ1v) is 8.49. The van der Waals surface area contributed by atoms with Crippen molar-refractivity contribution in [3.63, 3.8) is 0 Å². The molecule has 0 aliphatic rings. The zero-order valence-corrected chi connectivity index (χ0v) is 14.1. The average Bonchev–Trinajstić information content (AvgIpc) is 2.36. The molecular formula is C11H11Cl3O3PS+. The Morgan fingerprint density at radius 2 is 2.05 bits per heavy atom. The summed E-state index contributed by atoms with van der Waals surface area (Å²) in [4.78, 5) is 0. The monoisotopic (exact) mass is 359 g/mol. The lowest BCUT2D eigenvalue weighted by Gasteiger charge is -2.07. The summed E-state index contributed by atoms with van der Waals surface area (Å²) in [6.07, 6.45) is 0. The van der Waals surface area contributed by atoms with E-state index in [0.717, 1.165) is 0 Å². The number of methoxy groups -OCH3 is 1. The molecule has 0 saturated carbocycles. The van der Waals surface area contributed by atoms with Crippen LogP contribution in [-0.2, 0) is 25.6 Å². The van der Waals surface area contributed by atoms with Gasteiger partial charge < -0.3 is 4.74 Å². The number of rotatable bonds is 6. The summed E-state index contributed by atoms with van der Waals surface area (Å²) in [5.74, 6) is 0.236. The van der Waals surface area contributed by atoms with Crippen molar-refractivity contribution in [2.45, 2.75) is 6.92 Å². The van der Waals surface area contributed by atoms with Crippen LogP contribution in [0.2, 0.25) is 10.0 Å². The van der Waals surface area contributed by atoms with Gasteiger partial charge in [0.1, 0.15) is 6.61 Å². The largest absolute Gasteiger partial charge is 0.573 e. The standard InChI is InChI=1S/C11H11Cl3O3PS/c1-3-16-18(19)17-10(11(14)15-2)8-5-4-7(12)6-9(8)13/h4-6H,3H2,1-2H3/q+1. The van der Waals surface area contributed by atoms with Gasteiger partial charge in [0.05, 0.1) is 12.1 Å². The normalized spacial score (nSPS) is 12.8. The molecule has 0 aliphatic carbocycles. The molecule has 1 rings (SSSR count). The highest BCUT2D eigenvalue weighted by Gasteiger charge is 2.24. The third-order valence-corrected chi connectivity index (χ3v) is 4.15. The molecule has 19 heavy (non-hydrogen) atoms. The summed E-state index contributed by atoms with van der Waals surface area (Å²) in [7, 11) is -0.114. The van der Waals surface area contributed by atoms with Gasteiger partial charge >= 0.3 is 7.15 Å². The van der Waals surface area contributed by atoms with Crippen molar-refractivity contribution in [3.05, 3.63) is 39.0 Å². The third-order valence-electron chi connectivity index (χ3n) is 1.93. The van der Waals surface area contributed by atoms with Crippen molar-refractivity contribution in [3.8, 4) is 0 Å². The van der Waals surface area contributed by atoms with E-state index in [4.69, 9.17) is 60.4 Å². The van der Waals surface area contributed by atoms with E-state index in [0.29, 0.717) is 22.2 Å². The van der Waals surface area contributed by atoms with Crippen LogP contribution >= 0.6 is 42.0 Å². The van der Waals surface area contributed by atoms with Gasteiger partial charge in [-0.15, -0.1) is 4.52 Å². The first kappa shape index (κ1) is 17.0. The maximum atomic E-state index is 6.11. The molecular weight excluding hydrogens is 350 g/mol. The maximum absolute atomic E-state index is 6.11. The van der Waals surface area contributed by atoms with Crippen LogP contribution in [0, 0.1) is 0 Å². The van der Waals surface area contributed by atoms with Gasteiger partial charge in [0.15, 0.2) is 0 Å². The number of benzene rings is 1. The average molecular weight is 361 g/mol. The van der Waals surface area contributed by atoms with E-state index in [1.807, 2.05) is 6.92 Å². The Labute approximate surface area is 133 Å². The van der Waals surface area contributed by atoms with Crippen LogP contribution < -0.4 is 0 Å². The zero-order valence-electron chi connectivity index (χ0n) is 10.2. The molecule has 1 aromatic carbocycles. The molecule has 0 aromatic heterocycles. The topological polar surface area (TPSA) is 27.7 Å². The Hall–Kier alpha value is -0.0900. The molecule has 0 spiro atoms. The molecule has 0 fully saturated rings. The maximum Gasteiger partial charge on any atom is 0.573 e. The van der Waals surface area contributed by atoms with Gasteiger partial charge in [-0.3, -0.25) is 0 Å². The molecule has 0 aliphatic heterocycles. The summed E-state index contributed by atoms with van der Waals surface area (Å²) >= 11 is 23.0. The highest BCUT2D eigenvalue weighted by Crippen LogP contribution is 2.38. The minimum Gasteiger partial charge on any atom is -0.483 e. The Morgan fingerprint density at radius 3 is 2.58 bits per heavy atom. The van der Waals surface area contributed by atoms with Crippen molar-refractivity contribution in [1.29, 1.82) is 0 Å². The predicted molar refractivity (Wildman–Crippen MR) is 83.2 cm³/mol. The lowest BCUT2D eigenvalue weighted by atomic mass is 10.2. The third kappa shape index (κ3) is 5.07. The summed E-state index contributed by atoms with van der Waals surface area (Å²) in [5, 5.41) is 0.931. The van der Waals surface area contributed by atoms with Gasteiger partial charge in [0.25, 0.3) is 0 Å². The Balaban J connectivity index is 3.15. The second-order valence-electron chi connectivity index (χ2n) is 3.16. The molecule has 0 saturated heterocycles. The smallest absolute Gasteiger partial charge is 0.483 e. The number of ether oxygens (including phenoxy) is 1. The summed E-state index contributed by atoms with van der Waals surface area (Å²) in [6.45, 7) is 2.27. The molecule has 1 unspecified atom stereocenters. The van der Waals surface area contributed by atoms with E-state index in [2.05, 4.69) is 0 Å². The second-order valence-corrected chi connectivity index (χ2v) is 6.13. The van der Waals surface area contributed by atoms with Gasteiger partial charge in [-0.05, 0) is 36.7 Å². The van der Waals surface area contributed by atoms with E-state index in [-0.39, 0.29) is 11.0 Å². The molecule has 0 bridgehead atoms. The Bertz CT molecular complexity index is 508. The van der Waals surface area contributed by atoms with Crippen LogP contribution in [0.25, 0.3) is 5.76 Å². The lowest BCUT2D eigenvalue weighted by molar-refractivity contribution is 0.303. The van der Waals surface area contributed by atoms with Crippen molar-refractivity contribution in [2.24, 2.45) is 0 Å². The van der Waals surface area contributed by atoms with E-state index >= 15 is 0 Å². The number of hydrogen-bond donors (Lipinski definition) is 0. The van der Waals surface area contributed by atoms with E-state index in [9.17, 15) is 0 Å². The fraction of sp³-hybridized carbons (Fsp3) is 0.273. The molecule has 8 heteroatoms. The van der Waals surface area contributed by atoms with Crippen LogP contribution in [-0.4, -0.2) is 13.7 Å². The van der Waals surface area contributed by atoms with Crippen LogP contribution in [0.3, 0.4) is 0 Å². The van der Waals surface area contributed by atoms with Gasteiger partial charge in [0.2, 0.25) is 22.8 Å². The van der Waals surface area contributed by atoms with Crippen molar-refractivity contribution < 1.29 is 13.8 Å². The molecule has 1 aromatic rings. The molecule has 104 valence electrons. The lowest BCUT2D eigenvalue weighted by Crippen LogP contribution is -1.94. The summed E-state index contributed by atoms with van der Waals surface area (Å²) in [5.41, 5.74) is 0.537. The van der Waals surface area contributed by atoms with Gasteiger partial charge in [-0.2, -0.15) is 0 Å². The van der Waals surface area contributed by atoms with E-state index < -0.39 is 7.15 Å². The van der Waals surface area contributed by atoms with Gasteiger partial charge in [0, 0.05) is 10.6 Å². The number of hydrogen-bond acceptors (Lipinski definition) is 4. The molecule has 0 heterocycles. The quantitative estimate of drug-likeness (QED) is 0.506. The minimum absolute atomic E-state index is 0.0428. The molecule has 0 N–H and O–H groups in total. The van der Waals surface area contributed by atoms with Crippen LogP contribution in [0.5, 0.6) is 0 Å². The van der Waals surface area contributed by atoms with Crippen LogP contribution in [0.4, 0.5) is 0 Å². The zero-order chi connectivity index (χ0) is 14.4. The fourth-order valence-electron chi connectivity index (χ4n) is 1.16. The predicted octanol–water partition coefficient (Wildman–Crippen LogP) is 5.33. The van der Waals surface area contributed by atoms with Crippen LogP contribution in [0.15, 0.2) is 23.4 Å². The molecule has 1 atom stereocenters. The van der Waals surface area contributed by atoms with E-state index in [1.165, 1.54) is 7.11 Å². The second kappa shape index (κ2) is 8.25. The fourth-order valence-corrected chi connectivity index (χ4v) is 2.99. The summed E-state index contributed by atoms with van der Waals surface area (Å²) < 4.78 is 15.7. The molecule has 0 radical (unpaired) electrons. The van der Waals surface area contributed by atoms with Crippen molar-refractivity contribution >= 4 is 59.5 Å². The highest BCUT2D eigenvalue weighted by atomic mass is 35.5. The number of halogens is 3. The SMILES string of the molecule is CCO[P+](=S)OC(=C(Cl)OC)c1ccc(Cl)cc1Cl. The van der Waals surface area contributed by atoms with Gasteiger partial charge in [-0.25, -0.2) is 4.52 Å². The molecule has 0 amide bonds. The van der Waals surface area contributed by atoms with E-state index in [1.54, 1.807) is 18.2 Å². The first-order chi connectivity index (χ1) is 8.99. The Morgan fingerprint density at radius 1 is 1.37 bits per heavy atom. The highest BCUT2D eigenvalue weighted by molar-refractivity contribution is 8.00. The van der Waals surface area contributed by atoms with Crippen molar-refractivity contribution in [1.82, 2.24) is 0 Å². The minimum atomic E-state index is -1.53. The van der Waals surface area contributed by atoms with Crippen LogP contribution in [0.1, 0.15) is 12.5 Å². The van der Waals surface area contributed by atoms with Gasteiger partial charge in [-0.1, -0.05) is 23.2 Å². The summed E-state index contributed by atoms with van der Waals surface area (Å²) in [6, 6.07) is 4.91. The molecule has 3 nitrogen and oxygen atoms in total. The first-order valence-electron chi connectivity index (χ1n) is 5.16. The Kier molecular flexibility index (Phi) is 7.37.